The van der Waals surface area contributed by atoms with Gasteiger partial charge in [-0.3, -0.25) is 9.35 Å². The number of carboxylic acids is 1. The number of nitrogens with two attached hydrogens (primary N) is 2. The Bertz CT molecular complexity index is 1630. The molecular weight excluding hydrogens is 838 g/mol. The fourth-order valence-electron chi connectivity index (χ4n) is 7.64. The number of hydrogen-bond acceptors (Lipinski definition) is 23. The van der Waals surface area contributed by atoms with Crippen LogP contribution in [-0.2, 0) is 71.5 Å². The van der Waals surface area contributed by atoms with Gasteiger partial charge in [-0.05, 0) is 39.6 Å². The molecule has 0 saturated carbocycles. The topological polar surface area (TPSA) is 412 Å². The Morgan fingerprint density at radius 3 is 1.97 bits per heavy atom. The van der Waals surface area contributed by atoms with Crippen molar-refractivity contribution in [1.82, 2.24) is 0 Å². The monoisotopic (exact) mass is 891 g/mol. The third kappa shape index (κ3) is 10.6. The number of carboxylic acid groups (broad SMARTS) is 1. The Morgan fingerprint density at radius 1 is 0.717 bits per heavy atom. The first-order chi connectivity index (χ1) is 28.1. The quantitative estimate of drug-likeness (QED) is 0.0263. The van der Waals surface area contributed by atoms with E-state index in [0.29, 0.717) is 0 Å². The summed E-state index contributed by atoms with van der Waals surface area (Å²) in [6, 6.07) is -3.65. The highest BCUT2D eigenvalue weighted by atomic mass is 32.3. The molecule has 5 rings (SSSR count). The molecule has 0 spiro atoms. The zero-order chi connectivity index (χ0) is 44.5. The zero-order valence-corrected chi connectivity index (χ0v) is 33.6. The number of carbonyl (C=O) groups excluding carboxylic acids is 1. The molecule has 0 amide bonds. The molecule has 0 bridgehead atoms. The molecule has 0 aromatic heterocycles. The van der Waals surface area contributed by atoms with Crippen molar-refractivity contribution in [3.63, 3.8) is 0 Å². The largest absolute Gasteiger partial charge is 0.479 e. The Hall–Kier alpha value is -2.52. The van der Waals surface area contributed by atoms with Crippen molar-refractivity contribution in [3.05, 3.63) is 10.4 Å². The number of aliphatic hydroxyl groups is 5. The first-order valence-electron chi connectivity index (χ1n) is 18.9. The van der Waals surface area contributed by atoms with E-state index in [-0.39, 0.29) is 12.9 Å². The average molecular weight is 892 g/mol. The summed E-state index contributed by atoms with van der Waals surface area (Å²) in [5.41, 5.74) is 21.4. The van der Waals surface area contributed by atoms with E-state index >= 15 is 0 Å². The fraction of sp³-hybridized carbons (Fsp3) is 0.938. The minimum absolute atomic E-state index is 0.0729. The predicted octanol–water partition coefficient (Wildman–Crippen LogP) is -4.16. The van der Waals surface area contributed by atoms with E-state index in [4.69, 9.17) is 68.6 Å². The van der Waals surface area contributed by atoms with E-state index < -0.39 is 163 Å². The lowest BCUT2D eigenvalue weighted by Gasteiger charge is -2.48. The van der Waals surface area contributed by atoms with E-state index in [1.54, 1.807) is 6.92 Å². The molecule has 27 nitrogen and oxygen atoms in total. The van der Waals surface area contributed by atoms with E-state index in [2.05, 4.69) is 10.0 Å². The molecule has 0 aromatic carbocycles. The minimum atomic E-state index is -5.34. The van der Waals surface area contributed by atoms with Crippen LogP contribution < -0.4 is 11.5 Å². The number of carbonyl (C=O) groups is 2. The SMILES string of the molecule is CC1O[C@H](O[C@@H]2C(OC=O)O[C@@H](O[C@@H]3C(C)O[C@H](C)C(N)[C@H]3O)C(OS(=O)(=O)O)[C@H]2O)C(N)C[C@@H]1O[C@@H]1O[C@@H](C(=O)O)[C@@H](O[C@H]2O[C@@H](C)[C@@H](O)[C@H](O)C2N=[N+]=[N-])[C@H](O)C1C. The van der Waals surface area contributed by atoms with Crippen LogP contribution in [0, 0.1) is 5.92 Å². The summed E-state index contributed by atoms with van der Waals surface area (Å²) in [5.74, 6) is -2.62. The van der Waals surface area contributed by atoms with Crippen LogP contribution in [0.3, 0.4) is 0 Å². The lowest BCUT2D eigenvalue weighted by molar-refractivity contribution is -0.382. The second-order valence-corrected chi connectivity index (χ2v) is 16.3. The van der Waals surface area contributed by atoms with Gasteiger partial charge in [-0.1, -0.05) is 12.0 Å². The van der Waals surface area contributed by atoms with Crippen molar-refractivity contribution in [2.75, 3.05) is 0 Å². The number of hydrogen-bond donors (Lipinski definition) is 9. The number of aliphatic hydroxyl groups excluding tert-OH is 5. The van der Waals surface area contributed by atoms with Gasteiger partial charge in [0.2, 0.25) is 6.29 Å². The van der Waals surface area contributed by atoms with Gasteiger partial charge in [-0.2, -0.15) is 8.42 Å². The van der Waals surface area contributed by atoms with Crippen molar-refractivity contribution in [2.24, 2.45) is 22.5 Å². The average Bonchev–Trinajstić information content (AvgIpc) is 3.16. The van der Waals surface area contributed by atoms with E-state index in [1.165, 1.54) is 27.7 Å². The first-order valence-corrected chi connectivity index (χ1v) is 20.3. The van der Waals surface area contributed by atoms with E-state index in [0.717, 1.165) is 0 Å². The second kappa shape index (κ2) is 19.9. The van der Waals surface area contributed by atoms with Gasteiger partial charge in [0.25, 0.3) is 6.47 Å². The Balaban J connectivity index is 1.27. The standard InChI is InChI=1S/C32H53N5O22S/c1-8-17(39)23(55-30-16(36-37-35)20(42)18(40)11(4)52-30)26(27(44)45)57-28(8)53-14-6-13(33)29(51-9(14)2)56-24-21(43)25(59-60(46,47)48)32(58-31(24)49-7-38)54-22-12(5)50-10(3)15(34)19(22)41/h7-26,28-32,39-43H,6,33-34H2,1-5H3,(H,44,45)(H,46,47,48)/t8?,9?,10-,11+,12?,13?,14+,15?,16?,17-,18-,19-,20-,21+,22-,23+,24+,25?,26-,28-,29-,30-,31?,32-/m1/s1. The molecule has 5 heterocycles. The smallest absolute Gasteiger partial charge is 0.397 e. The molecule has 0 radical (unpaired) electrons. The first kappa shape index (κ1) is 48.5. The third-order valence-electron chi connectivity index (χ3n) is 11.1. The predicted molar refractivity (Wildman–Crippen MR) is 189 cm³/mol. The lowest BCUT2D eigenvalue weighted by atomic mass is 9.91. The maximum atomic E-state index is 12.4. The highest BCUT2D eigenvalue weighted by Crippen LogP contribution is 2.37. The molecule has 28 heteroatoms. The summed E-state index contributed by atoms with van der Waals surface area (Å²) in [7, 11) is -5.34. The number of azide groups is 1. The van der Waals surface area contributed by atoms with Crippen LogP contribution >= 0.6 is 0 Å². The normalized spacial score (nSPS) is 49.0. The van der Waals surface area contributed by atoms with Gasteiger partial charge >= 0.3 is 16.4 Å². The van der Waals surface area contributed by atoms with Crippen molar-refractivity contribution in [2.45, 2.75) is 182 Å². The summed E-state index contributed by atoms with van der Waals surface area (Å²) in [4.78, 5) is 26.6. The molecule has 5 aliphatic heterocycles. The van der Waals surface area contributed by atoms with Crippen molar-refractivity contribution >= 4 is 22.8 Å². The molecule has 0 aromatic rings. The van der Waals surface area contributed by atoms with Gasteiger partial charge in [-0.15, -0.1) is 0 Å². The van der Waals surface area contributed by atoms with Crippen LogP contribution in [-0.4, -0.2) is 197 Å². The van der Waals surface area contributed by atoms with E-state index in [9.17, 15) is 53.2 Å². The number of aliphatic carboxylic acids is 1. The summed E-state index contributed by atoms with van der Waals surface area (Å²) >= 11 is 0. The molecule has 5 aliphatic rings. The minimum Gasteiger partial charge on any atom is -0.479 e. The van der Waals surface area contributed by atoms with Gasteiger partial charge in [-0.25, -0.2) is 8.98 Å². The summed E-state index contributed by atoms with van der Waals surface area (Å²) in [6.45, 7) is 7.38. The van der Waals surface area contributed by atoms with Crippen LogP contribution in [0.25, 0.3) is 10.4 Å². The van der Waals surface area contributed by atoms with Crippen LogP contribution in [0.1, 0.15) is 41.0 Å². The van der Waals surface area contributed by atoms with Crippen molar-refractivity contribution in [1.29, 1.82) is 0 Å². The number of nitrogens with zero attached hydrogens (tertiary/aromatic N) is 3. The molecule has 24 atom stereocenters. The van der Waals surface area contributed by atoms with Crippen LogP contribution in [0.4, 0.5) is 0 Å². The highest BCUT2D eigenvalue weighted by molar-refractivity contribution is 7.80. The Labute approximate surface area is 342 Å². The fourth-order valence-corrected chi connectivity index (χ4v) is 8.12. The maximum absolute atomic E-state index is 12.4. The molecular formula is C32H53N5O22S. The Kier molecular flexibility index (Phi) is 16.1. The highest BCUT2D eigenvalue weighted by Gasteiger charge is 2.56. The molecule has 344 valence electrons. The third-order valence-corrected chi connectivity index (χ3v) is 11.6. The second-order valence-electron chi connectivity index (χ2n) is 15.3. The van der Waals surface area contributed by atoms with Gasteiger partial charge in [0.15, 0.2) is 43.5 Å². The Morgan fingerprint density at radius 2 is 1.35 bits per heavy atom. The summed E-state index contributed by atoms with van der Waals surface area (Å²) in [5, 5.41) is 67.7. The molecule has 0 aliphatic carbocycles. The van der Waals surface area contributed by atoms with Crippen LogP contribution in [0.2, 0.25) is 0 Å². The summed E-state index contributed by atoms with van der Waals surface area (Å²) in [6.07, 6.45) is -30.1. The number of ether oxygens (including phenoxy) is 10. The van der Waals surface area contributed by atoms with E-state index in [1.807, 2.05) is 0 Å². The molecule has 5 fully saturated rings. The van der Waals surface area contributed by atoms with Crippen LogP contribution in [0.15, 0.2) is 5.11 Å². The maximum Gasteiger partial charge on any atom is 0.397 e. The molecule has 8 unspecified atom stereocenters. The zero-order valence-electron chi connectivity index (χ0n) is 32.8. The number of rotatable bonds is 14. The van der Waals surface area contributed by atoms with Crippen molar-refractivity contribution < 1.29 is 105 Å². The van der Waals surface area contributed by atoms with Crippen LogP contribution in [0.5, 0.6) is 0 Å². The van der Waals surface area contributed by atoms with Gasteiger partial charge in [0.1, 0.15) is 36.6 Å². The molecule has 11 N–H and O–H groups in total. The molecule has 60 heavy (non-hydrogen) atoms. The van der Waals surface area contributed by atoms with Gasteiger partial charge in [0, 0.05) is 10.8 Å². The molecule has 5 saturated heterocycles. The van der Waals surface area contributed by atoms with Gasteiger partial charge in [0.05, 0.1) is 54.8 Å². The van der Waals surface area contributed by atoms with Crippen molar-refractivity contribution in [3.8, 4) is 0 Å². The van der Waals surface area contributed by atoms with Gasteiger partial charge < -0.3 is 89.5 Å². The summed E-state index contributed by atoms with van der Waals surface area (Å²) < 4.78 is 95.2. The lowest BCUT2D eigenvalue weighted by Crippen LogP contribution is -2.66.